The molecule has 1 aromatic rings. The molecular weight excluding hydrogens is 459 g/mol. The maximum absolute atomic E-state index is 12.6. The van der Waals surface area contributed by atoms with Crippen molar-refractivity contribution in [3.05, 3.63) is 35.9 Å². The van der Waals surface area contributed by atoms with Gasteiger partial charge in [-0.1, -0.05) is 30.3 Å². The summed E-state index contributed by atoms with van der Waals surface area (Å²) in [5.41, 5.74) is -1.39. The molecular formula is C17H23N4NaO9S. The van der Waals surface area contributed by atoms with Gasteiger partial charge in [0.1, 0.15) is 12.6 Å². The minimum atomic E-state index is -4.83. The second-order valence-corrected chi connectivity index (χ2v) is 7.78. The van der Waals surface area contributed by atoms with Crippen LogP contribution in [-0.4, -0.2) is 103 Å². The van der Waals surface area contributed by atoms with E-state index in [2.05, 4.69) is 16.0 Å². The van der Waals surface area contributed by atoms with Crippen molar-refractivity contribution in [3.63, 3.8) is 0 Å². The average molecular weight is 482 g/mol. The molecule has 1 aliphatic rings. The maximum atomic E-state index is 12.6. The minimum absolute atomic E-state index is 0. The summed E-state index contributed by atoms with van der Waals surface area (Å²) in [6.07, 6.45) is -1.50. The molecule has 4 amide bonds. The molecule has 0 spiro atoms. The molecule has 172 valence electrons. The summed E-state index contributed by atoms with van der Waals surface area (Å²) in [4.78, 5) is 48.6. The molecule has 1 saturated heterocycles. The topological polar surface area (TPSA) is 180 Å². The third-order valence-electron chi connectivity index (χ3n) is 4.38. The molecule has 0 aromatic heterocycles. The number of carbonyl (C=O) groups excluding carboxylic acids is 4. The van der Waals surface area contributed by atoms with Crippen LogP contribution in [0.1, 0.15) is 12.0 Å². The van der Waals surface area contributed by atoms with Crippen molar-refractivity contribution in [1.29, 1.82) is 0 Å². The van der Waals surface area contributed by atoms with Crippen molar-refractivity contribution in [3.8, 4) is 0 Å². The number of amides is 4. The van der Waals surface area contributed by atoms with Gasteiger partial charge in [0, 0.05) is 14.2 Å². The van der Waals surface area contributed by atoms with Gasteiger partial charge in [-0.2, -0.15) is 8.42 Å². The van der Waals surface area contributed by atoms with Crippen molar-refractivity contribution in [2.24, 2.45) is 0 Å². The molecule has 2 rings (SSSR count). The van der Waals surface area contributed by atoms with E-state index in [0.29, 0.717) is 5.56 Å². The van der Waals surface area contributed by atoms with Gasteiger partial charge >= 0.3 is 46.0 Å². The Morgan fingerprint density at radius 1 is 1.25 bits per heavy atom. The summed E-state index contributed by atoms with van der Waals surface area (Å²) < 4.78 is 41.3. The summed E-state index contributed by atoms with van der Waals surface area (Å²) in [5.74, 6) is -2.85. The molecule has 4 N–H and O–H groups in total. The van der Waals surface area contributed by atoms with E-state index >= 15 is 0 Å². The van der Waals surface area contributed by atoms with Crippen LogP contribution in [0.3, 0.4) is 0 Å². The van der Waals surface area contributed by atoms with E-state index in [9.17, 15) is 27.6 Å². The van der Waals surface area contributed by atoms with E-state index in [0.717, 1.165) is 7.11 Å². The SMILES string of the molecule is CNC(=O)CC(NC(=O)OCc1ccccc1)C(=O)NC1(OC)CN(S(=O)(=O)O)C1=O.[NaH]. The predicted octanol–water partition coefficient (Wildman–Crippen LogP) is -2.13. The standard InChI is InChI=1S/C17H22N4O9S.Na.H/c1-18-13(22)8-12(19-16(25)30-9-11-6-4-3-5-7-11)14(23)20-17(29-2)10-21(15(17)24)31(26,27)28;;/h3-7,12H,8-10H2,1-2H3,(H,18,22)(H,19,25)(H,20,23)(H,26,27,28);;. The molecule has 2 atom stereocenters. The fourth-order valence-corrected chi connectivity index (χ4v) is 3.33. The molecule has 0 radical (unpaired) electrons. The zero-order valence-corrected chi connectivity index (χ0v) is 17.5. The van der Waals surface area contributed by atoms with Crippen LogP contribution in [0, 0.1) is 0 Å². The molecule has 1 aromatic carbocycles. The first-order valence-electron chi connectivity index (χ1n) is 8.87. The molecule has 1 aliphatic heterocycles. The van der Waals surface area contributed by atoms with E-state index in [1.54, 1.807) is 30.3 Å². The summed E-state index contributed by atoms with van der Waals surface area (Å²) in [5, 5.41) is 6.68. The Bertz CT molecular complexity index is 960. The molecule has 0 saturated carbocycles. The first-order valence-corrected chi connectivity index (χ1v) is 10.3. The van der Waals surface area contributed by atoms with Gasteiger partial charge in [-0.3, -0.25) is 18.9 Å². The fraction of sp³-hybridized carbons (Fsp3) is 0.412. The zero-order chi connectivity index (χ0) is 23.2. The Kier molecular flexibility index (Phi) is 10.1. The number of hydrogen-bond donors (Lipinski definition) is 4. The number of ether oxygens (including phenoxy) is 2. The molecule has 13 nitrogen and oxygen atoms in total. The van der Waals surface area contributed by atoms with Crippen molar-refractivity contribution >= 4 is 63.7 Å². The van der Waals surface area contributed by atoms with Gasteiger partial charge in [-0.25, -0.2) is 9.10 Å². The van der Waals surface area contributed by atoms with Gasteiger partial charge in [0.25, 0.3) is 5.91 Å². The normalized spacial score (nSPS) is 18.5. The van der Waals surface area contributed by atoms with Crippen LogP contribution in [-0.2, 0) is 40.8 Å². The third-order valence-corrected chi connectivity index (χ3v) is 5.23. The Morgan fingerprint density at radius 3 is 2.38 bits per heavy atom. The van der Waals surface area contributed by atoms with Gasteiger partial charge < -0.3 is 25.4 Å². The number of alkyl carbamates (subject to hydrolysis) is 1. The van der Waals surface area contributed by atoms with Crippen molar-refractivity contribution in [2.75, 3.05) is 20.7 Å². The van der Waals surface area contributed by atoms with E-state index in [4.69, 9.17) is 14.0 Å². The number of nitrogens with zero attached hydrogens (tertiary/aromatic N) is 1. The second kappa shape index (κ2) is 11.6. The molecule has 0 bridgehead atoms. The number of carbonyl (C=O) groups is 4. The van der Waals surface area contributed by atoms with Gasteiger partial charge in [0.2, 0.25) is 17.5 Å². The number of nitrogens with one attached hydrogen (secondary N) is 3. The van der Waals surface area contributed by atoms with Crippen LogP contribution in [0.2, 0.25) is 0 Å². The quantitative estimate of drug-likeness (QED) is 0.132. The van der Waals surface area contributed by atoms with E-state index in [-0.39, 0.29) is 40.5 Å². The molecule has 0 aliphatic carbocycles. The summed E-state index contributed by atoms with van der Waals surface area (Å²) in [7, 11) is -2.47. The molecule has 15 heteroatoms. The van der Waals surface area contributed by atoms with Gasteiger partial charge in [0.05, 0.1) is 13.0 Å². The van der Waals surface area contributed by atoms with E-state index in [1.165, 1.54) is 7.05 Å². The van der Waals surface area contributed by atoms with E-state index < -0.39 is 58.9 Å². The van der Waals surface area contributed by atoms with Crippen molar-refractivity contribution in [1.82, 2.24) is 20.3 Å². The summed E-state index contributed by atoms with van der Waals surface area (Å²) >= 11 is 0. The van der Waals surface area contributed by atoms with Crippen molar-refractivity contribution in [2.45, 2.75) is 24.8 Å². The first kappa shape index (κ1) is 27.8. The fourth-order valence-electron chi connectivity index (χ4n) is 2.62. The first-order chi connectivity index (χ1) is 14.5. The average Bonchev–Trinajstić information content (AvgIpc) is 2.73. The Morgan fingerprint density at radius 2 is 1.88 bits per heavy atom. The zero-order valence-electron chi connectivity index (χ0n) is 16.7. The van der Waals surface area contributed by atoms with Crippen LogP contribution in [0.5, 0.6) is 0 Å². The van der Waals surface area contributed by atoms with Gasteiger partial charge in [-0.15, -0.1) is 0 Å². The van der Waals surface area contributed by atoms with Crippen LogP contribution >= 0.6 is 0 Å². The molecule has 1 fully saturated rings. The molecule has 2 unspecified atom stereocenters. The molecule has 1 heterocycles. The number of β-lactam (4-membered cyclic amide) rings is 1. The van der Waals surface area contributed by atoms with Gasteiger partial charge in [-0.05, 0) is 5.56 Å². The van der Waals surface area contributed by atoms with Crippen LogP contribution in [0.4, 0.5) is 4.79 Å². The number of rotatable bonds is 9. The molecule has 32 heavy (non-hydrogen) atoms. The van der Waals surface area contributed by atoms with Gasteiger partial charge in [0.15, 0.2) is 0 Å². The van der Waals surface area contributed by atoms with Crippen LogP contribution < -0.4 is 16.0 Å². The monoisotopic (exact) mass is 482 g/mol. The number of benzene rings is 1. The third kappa shape index (κ3) is 6.88. The summed E-state index contributed by atoms with van der Waals surface area (Å²) in [6.45, 7) is -0.789. The summed E-state index contributed by atoms with van der Waals surface area (Å²) in [6, 6.07) is 7.23. The Hall–Kier alpha value is -2.23. The Balaban J connectivity index is 0.00000512. The van der Waals surface area contributed by atoms with Crippen LogP contribution in [0.15, 0.2) is 30.3 Å². The Labute approximate surface area is 206 Å². The number of hydrogen-bond acceptors (Lipinski definition) is 8. The predicted molar refractivity (Wildman–Crippen MR) is 111 cm³/mol. The second-order valence-electron chi connectivity index (χ2n) is 6.45. The number of methoxy groups -OCH3 is 1. The van der Waals surface area contributed by atoms with Crippen LogP contribution in [0.25, 0.3) is 0 Å². The van der Waals surface area contributed by atoms with E-state index in [1.807, 2.05) is 0 Å². The van der Waals surface area contributed by atoms with Crippen molar-refractivity contribution < 1.29 is 41.6 Å².